The van der Waals surface area contributed by atoms with Gasteiger partial charge in [-0.25, -0.2) is 0 Å². The van der Waals surface area contributed by atoms with Gasteiger partial charge in [0.05, 0.1) is 11.5 Å². The second-order valence-corrected chi connectivity index (χ2v) is 6.87. The molecule has 1 aromatic heterocycles. The largest absolute Gasteiger partial charge is 0.383 e. The Labute approximate surface area is 157 Å². The maximum Gasteiger partial charge on any atom is 0.229 e. The zero-order valence-electron chi connectivity index (χ0n) is 14.9. The summed E-state index contributed by atoms with van der Waals surface area (Å²) in [5.74, 6) is -0.0752. The second-order valence-electron chi connectivity index (χ2n) is 6.87. The quantitative estimate of drug-likeness (QED) is 0.754. The third kappa shape index (κ3) is 3.55. The van der Waals surface area contributed by atoms with Gasteiger partial charge in [-0.3, -0.25) is 9.59 Å². The summed E-state index contributed by atoms with van der Waals surface area (Å²) >= 11 is 0. The highest BCUT2D eigenvalue weighted by atomic mass is 16.2. The molecule has 0 aliphatic carbocycles. The fourth-order valence-corrected chi connectivity index (χ4v) is 3.57. The monoisotopic (exact) mass is 366 g/mol. The molecule has 0 saturated carbocycles. The number of rotatable bonds is 4. The molecule has 27 heavy (non-hydrogen) atoms. The van der Waals surface area contributed by atoms with Crippen LogP contribution in [-0.4, -0.2) is 34.9 Å². The molecule has 8 heteroatoms. The number of carbonyl (C=O) groups excluding carboxylic acids is 2. The summed E-state index contributed by atoms with van der Waals surface area (Å²) in [5, 5.41) is 5.63. The summed E-state index contributed by atoms with van der Waals surface area (Å²) in [7, 11) is 0. The fourth-order valence-electron chi connectivity index (χ4n) is 3.57. The summed E-state index contributed by atoms with van der Waals surface area (Å²) in [6.07, 6.45) is 2.19. The van der Waals surface area contributed by atoms with Crippen LogP contribution >= 0.6 is 0 Å². The molecule has 1 aromatic carbocycles. The van der Waals surface area contributed by atoms with Gasteiger partial charge in [0.1, 0.15) is 11.6 Å². The predicted octanol–water partition coefficient (Wildman–Crippen LogP) is 1.40. The van der Waals surface area contributed by atoms with Gasteiger partial charge in [0.25, 0.3) is 0 Å². The van der Waals surface area contributed by atoms with E-state index >= 15 is 0 Å². The molecular formula is C19H22N6O2. The standard InChI is InChI=1S/C19H22N6O2/c20-16-15-13(18(27)21-11-12-6-2-1-3-7-12)10-14(26)22-17(15)24-19(23-16)25-8-4-5-9-25/h1-3,6-7,13H,4-5,8-11H2,(H,21,27)(H3,20,22,23,24,26)/t13-/m1/s1. The number of hydrogen-bond acceptors (Lipinski definition) is 6. The van der Waals surface area contributed by atoms with Crippen molar-refractivity contribution in [3.8, 4) is 0 Å². The normalized spacial score (nSPS) is 18.7. The van der Waals surface area contributed by atoms with Crippen LogP contribution in [0, 0.1) is 0 Å². The minimum Gasteiger partial charge on any atom is -0.383 e. The Morgan fingerprint density at radius 2 is 1.96 bits per heavy atom. The van der Waals surface area contributed by atoms with Crippen molar-refractivity contribution in [3.63, 3.8) is 0 Å². The van der Waals surface area contributed by atoms with E-state index in [1.54, 1.807) is 0 Å². The first-order valence-electron chi connectivity index (χ1n) is 9.15. The molecule has 3 heterocycles. The van der Waals surface area contributed by atoms with Crippen molar-refractivity contribution in [2.45, 2.75) is 31.7 Å². The molecule has 0 spiro atoms. The van der Waals surface area contributed by atoms with Crippen LogP contribution in [0.2, 0.25) is 0 Å². The molecule has 0 bridgehead atoms. The summed E-state index contributed by atoms with van der Waals surface area (Å²) < 4.78 is 0. The fraction of sp³-hybridized carbons (Fsp3) is 0.368. The van der Waals surface area contributed by atoms with E-state index in [2.05, 4.69) is 20.6 Å². The second kappa shape index (κ2) is 7.22. The molecule has 4 rings (SSSR count). The summed E-state index contributed by atoms with van der Waals surface area (Å²) in [6, 6.07) is 9.61. The Morgan fingerprint density at radius 3 is 2.70 bits per heavy atom. The molecule has 2 aliphatic heterocycles. The van der Waals surface area contributed by atoms with Crippen LogP contribution < -0.4 is 21.3 Å². The lowest BCUT2D eigenvalue weighted by Gasteiger charge is -2.26. The van der Waals surface area contributed by atoms with Crippen molar-refractivity contribution in [2.24, 2.45) is 0 Å². The summed E-state index contributed by atoms with van der Waals surface area (Å²) in [6.45, 7) is 2.13. The molecular weight excluding hydrogens is 344 g/mol. The van der Waals surface area contributed by atoms with E-state index < -0.39 is 5.92 Å². The molecule has 2 aromatic rings. The molecule has 140 valence electrons. The van der Waals surface area contributed by atoms with E-state index in [9.17, 15) is 9.59 Å². The van der Waals surface area contributed by atoms with Gasteiger partial charge in [0.2, 0.25) is 17.8 Å². The number of hydrogen-bond donors (Lipinski definition) is 3. The highest BCUT2D eigenvalue weighted by Crippen LogP contribution is 2.36. The molecule has 2 amide bonds. The average Bonchev–Trinajstić information content (AvgIpc) is 3.20. The van der Waals surface area contributed by atoms with Gasteiger partial charge < -0.3 is 21.3 Å². The van der Waals surface area contributed by atoms with Crippen molar-refractivity contribution in [1.82, 2.24) is 15.3 Å². The minimum absolute atomic E-state index is 0.0320. The lowest BCUT2D eigenvalue weighted by atomic mass is 9.92. The number of benzene rings is 1. The van der Waals surface area contributed by atoms with Crippen molar-refractivity contribution in [3.05, 3.63) is 41.5 Å². The van der Waals surface area contributed by atoms with E-state index in [-0.39, 0.29) is 24.1 Å². The van der Waals surface area contributed by atoms with Gasteiger partial charge in [-0.05, 0) is 18.4 Å². The van der Waals surface area contributed by atoms with Gasteiger partial charge in [0, 0.05) is 26.1 Å². The number of amides is 2. The highest BCUT2D eigenvalue weighted by Gasteiger charge is 2.35. The first-order chi connectivity index (χ1) is 13.1. The molecule has 2 aliphatic rings. The number of carbonyl (C=O) groups is 2. The van der Waals surface area contributed by atoms with Crippen molar-refractivity contribution < 1.29 is 9.59 Å². The number of aromatic nitrogens is 2. The number of nitrogens with zero attached hydrogens (tertiary/aromatic N) is 3. The first kappa shape index (κ1) is 17.3. The molecule has 1 saturated heterocycles. The molecule has 4 N–H and O–H groups in total. The number of nitrogen functional groups attached to an aromatic ring is 1. The Bertz CT molecular complexity index is 864. The Hall–Kier alpha value is -3.16. The molecule has 0 radical (unpaired) electrons. The average molecular weight is 366 g/mol. The van der Waals surface area contributed by atoms with Gasteiger partial charge in [-0.1, -0.05) is 30.3 Å². The molecule has 1 atom stereocenters. The van der Waals surface area contributed by atoms with Crippen LogP contribution in [-0.2, 0) is 16.1 Å². The number of nitrogens with one attached hydrogen (secondary N) is 2. The topological polar surface area (TPSA) is 113 Å². The Kier molecular flexibility index (Phi) is 4.62. The highest BCUT2D eigenvalue weighted by molar-refractivity contribution is 6.01. The molecule has 1 fully saturated rings. The SMILES string of the molecule is Nc1nc(N2CCCC2)nc2c1[C@H](C(=O)NCc1ccccc1)CC(=O)N2. The maximum atomic E-state index is 12.8. The van der Waals surface area contributed by atoms with E-state index in [1.165, 1.54) is 0 Å². The van der Waals surface area contributed by atoms with Gasteiger partial charge in [0.15, 0.2) is 0 Å². The van der Waals surface area contributed by atoms with E-state index in [0.29, 0.717) is 23.9 Å². The van der Waals surface area contributed by atoms with Crippen LogP contribution in [0.25, 0.3) is 0 Å². The molecule has 8 nitrogen and oxygen atoms in total. The lowest BCUT2D eigenvalue weighted by Crippen LogP contribution is -2.36. The van der Waals surface area contributed by atoms with Gasteiger partial charge in [-0.15, -0.1) is 0 Å². The van der Waals surface area contributed by atoms with Crippen LogP contribution in [0.5, 0.6) is 0 Å². The van der Waals surface area contributed by atoms with E-state index in [4.69, 9.17) is 5.73 Å². The van der Waals surface area contributed by atoms with Gasteiger partial charge >= 0.3 is 0 Å². The third-order valence-electron chi connectivity index (χ3n) is 4.97. The zero-order chi connectivity index (χ0) is 18.8. The Morgan fingerprint density at radius 1 is 1.22 bits per heavy atom. The Balaban J connectivity index is 1.58. The molecule has 0 unspecified atom stereocenters. The van der Waals surface area contributed by atoms with Gasteiger partial charge in [-0.2, -0.15) is 9.97 Å². The van der Waals surface area contributed by atoms with Crippen LogP contribution in [0.1, 0.15) is 36.3 Å². The van der Waals surface area contributed by atoms with Crippen molar-refractivity contribution in [2.75, 3.05) is 29.0 Å². The maximum absolute atomic E-state index is 12.8. The number of nitrogens with two attached hydrogens (primary N) is 1. The van der Waals surface area contributed by atoms with Crippen LogP contribution in [0.3, 0.4) is 0 Å². The van der Waals surface area contributed by atoms with Crippen molar-refractivity contribution >= 4 is 29.4 Å². The summed E-state index contributed by atoms with van der Waals surface area (Å²) in [4.78, 5) is 35.8. The summed E-state index contributed by atoms with van der Waals surface area (Å²) in [5.41, 5.74) is 7.67. The smallest absolute Gasteiger partial charge is 0.229 e. The van der Waals surface area contributed by atoms with Crippen molar-refractivity contribution in [1.29, 1.82) is 0 Å². The van der Waals surface area contributed by atoms with E-state index in [1.807, 2.05) is 35.2 Å². The lowest BCUT2D eigenvalue weighted by molar-refractivity contribution is -0.126. The van der Waals surface area contributed by atoms with Crippen LogP contribution in [0.15, 0.2) is 30.3 Å². The zero-order valence-corrected chi connectivity index (χ0v) is 14.9. The third-order valence-corrected chi connectivity index (χ3v) is 4.97. The number of anilines is 3. The minimum atomic E-state index is -0.690. The van der Waals surface area contributed by atoms with Crippen LogP contribution in [0.4, 0.5) is 17.6 Å². The van der Waals surface area contributed by atoms with E-state index in [0.717, 1.165) is 31.5 Å². The predicted molar refractivity (Wildman–Crippen MR) is 102 cm³/mol. The number of fused-ring (bicyclic) bond motifs is 1. The first-order valence-corrected chi connectivity index (χ1v) is 9.15.